The molecule has 0 bridgehead atoms. The van der Waals surface area contributed by atoms with Gasteiger partial charge in [0.25, 0.3) is 0 Å². The van der Waals surface area contributed by atoms with Crippen LogP contribution in [0.3, 0.4) is 0 Å². The minimum Gasteiger partial charge on any atom is -0.356 e. The summed E-state index contributed by atoms with van der Waals surface area (Å²) >= 11 is 1.73. The molecule has 0 aliphatic carbocycles. The molecule has 1 aromatic rings. The Morgan fingerprint density at radius 2 is 2.21 bits per heavy atom. The van der Waals surface area contributed by atoms with E-state index in [1.807, 2.05) is 6.20 Å². The van der Waals surface area contributed by atoms with E-state index in [0.29, 0.717) is 17.9 Å². The van der Waals surface area contributed by atoms with Crippen LogP contribution in [0.4, 0.5) is 0 Å². The molecular weight excluding hydrogens is 487 g/mol. The van der Waals surface area contributed by atoms with E-state index in [1.54, 1.807) is 30.3 Å². The molecule has 2 unspecified atom stereocenters. The maximum atomic E-state index is 11.9. The van der Waals surface area contributed by atoms with Crippen LogP contribution in [0.2, 0.25) is 0 Å². The van der Waals surface area contributed by atoms with Crippen LogP contribution in [0, 0.1) is 6.92 Å². The SMILES string of the molecule is CCN1CCCC1CNC(=NCC(=O)N(C)C)NCC(C)c1ncc(C)s1.I. The number of guanidine groups is 1. The number of aliphatic imine (C=N–C) groups is 1. The number of likely N-dealkylation sites (tertiary alicyclic amines) is 1. The van der Waals surface area contributed by atoms with Crippen molar-refractivity contribution in [3.63, 3.8) is 0 Å². The lowest BCUT2D eigenvalue weighted by Gasteiger charge is -2.24. The number of nitrogens with one attached hydrogen (secondary N) is 2. The lowest BCUT2D eigenvalue weighted by atomic mass is 10.2. The molecule has 2 N–H and O–H groups in total. The summed E-state index contributed by atoms with van der Waals surface area (Å²) in [7, 11) is 3.51. The lowest BCUT2D eigenvalue weighted by Crippen LogP contribution is -2.46. The summed E-state index contributed by atoms with van der Waals surface area (Å²) in [5.74, 6) is 0.989. The van der Waals surface area contributed by atoms with E-state index < -0.39 is 0 Å². The normalized spacial score (nSPS) is 18.5. The number of hydrogen-bond donors (Lipinski definition) is 2. The molecule has 1 amide bonds. The highest BCUT2D eigenvalue weighted by Crippen LogP contribution is 2.20. The summed E-state index contributed by atoms with van der Waals surface area (Å²) in [6.07, 6.45) is 4.37. The standard InChI is InChI=1S/C19H34N6OS.HI/c1-6-25-9-7-8-16(25)12-22-19(23-13-17(26)24(4)5)21-10-14(2)18-20-11-15(3)27-18;/h11,14,16H,6-10,12-13H2,1-5H3,(H2,21,22,23);1H. The smallest absolute Gasteiger partial charge is 0.243 e. The van der Waals surface area contributed by atoms with E-state index in [-0.39, 0.29) is 36.4 Å². The fourth-order valence-corrected chi connectivity index (χ4v) is 3.98. The molecule has 1 fully saturated rings. The zero-order chi connectivity index (χ0) is 19.8. The van der Waals surface area contributed by atoms with Gasteiger partial charge < -0.3 is 15.5 Å². The highest BCUT2D eigenvalue weighted by Gasteiger charge is 2.23. The molecule has 0 saturated carbocycles. The van der Waals surface area contributed by atoms with Gasteiger partial charge in [0.1, 0.15) is 6.54 Å². The number of likely N-dealkylation sites (N-methyl/N-ethyl adjacent to an activating group) is 2. The summed E-state index contributed by atoms with van der Waals surface area (Å²) < 4.78 is 0. The van der Waals surface area contributed by atoms with Crippen molar-refractivity contribution >= 4 is 47.2 Å². The largest absolute Gasteiger partial charge is 0.356 e. The van der Waals surface area contributed by atoms with Crippen molar-refractivity contribution in [3.05, 3.63) is 16.1 Å². The van der Waals surface area contributed by atoms with Gasteiger partial charge in [-0.3, -0.25) is 9.69 Å². The third-order valence-corrected chi connectivity index (χ3v) is 6.06. The van der Waals surface area contributed by atoms with Gasteiger partial charge in [0, 0.05) is 50.2 Å². The van der Waals surface area contributed by atoms with Crippen molar-refractivity contribution in [3.8, 4) is 0 Å². The molecule has 28 heavy (non-hydrogen) atoms. The maximum Gasteiger partial charge on any atom is 0.243 e. The Labute approximate surface area is 190 Å². The monoisotopic (exact) mass is 522 g/mol. The van der Waals surface area contributed by atoms with Crippen LogP contribution in [0.1, 0.15) is 42.5 Å². The molecule has 2 heterocycles. The molecular formula is C19H35IN6OS. The average molecular weight is 523 g/mol. The average Bonchev–Trinajstić information content (AvgIpc) is 3.28. The van der Waals surface area contributed by atoms with Gasteiger partial charge in [-0.05, 0) is 32.9 Å². The van der Waals surface area contributed by atoms with E-state index >= 15 is 0 Å². The Hall–Kier alpha value is -0.940. The van der Waals surface area contributed by atoms with E-state index in [9.17, 15) is 4.79 Å². The van der Waals surface area contributed by atoms with Gasteiger partial charge >= 0.3 is 0 Å². The Bertz CT molecular complexity index is 636. The van der Waals surface area contributed by atoms with Crippen molar-refractivity contribution in [2.24, 2.45) is 4.99 Å². The minimum absolute atomic E-state index is 0. The molecule has 0 aromatic carbocycles. The molecule has 1 aliphatic rings. The first-order chi connectivity index (χ1) is 12.9. The Morgan fingerprint density at radius 1 is 1.46 bits per heavy atom. The van der Waals surface area contributed by atoms with Gasteiger partial charge in [0.2, 0.25) is 5.91 Å². The fraction of sp³-hybridized carbons (Fsp3) is 0.737. The van der Waals surface area contributed by atoms with Crippen molar-refractivity contribution in [2.75, 3.05) is 46.8 Å². The number of aromatic nitrogens is 1. The zero-order valence-corrected chi connectivity index (χ0v) is 20.8. The summed E-state index contributed by atoms with van der Waals surface area (Å²) in [5, 5.41) is 7.96. The Morgan fingerprint density at radius 3 is 2.82 bits per heavy atom. The van der Waals surface area contributed by atoms with Gasteiger partial charge in [-0.15, -0.1) is 35.3 Å². The number of hydrogen-bond acceptors (Lipinski definition) is 5. The first-order valence-corrected chi connectivity index (χ1v) is 10.6. The number of carbonyl (C=O) groups is 1. The van der Waals surface area contributed by atoms with E-state index in [4.69, 9.17) is 0 Å². The molecule has 0 spiro atoms. The van der Waals surface area contributed by atoms with Crippen LogP contribution in [-0.2, 0) is 4.79 Å². The first kappa shape index (κ1) is 25.1. The third kappa shape index (κ3) is 7.82. The summed E-state index contributed by atoms with van der Waals surface area (Å²) in [6.45, 7) is 10.4. The highest BCUT2D eigenvalue weighted by atomic mass is 127. The second-order valence-electron chi connectivity index (χ2n) is 7.35. The van der Waals surface area contributed by atoms with Gasteiger partial charge in [0.15, 0.2) is 5.96 Å². The van der Waals surface area contributed by atoms with Crippen LogP contribution in [0.25, 0.3) is 0 Å². The number of halogens is 1. The summed E-state index contributed by atoms with van der Waals surface area (Å²) in [6, 6.07) is 0.533. The number of amides is 1. The van der Waals surface area contributed by atoms with Crippen molar-refractivity contribution in [2.45, 2.75) is 45.6 Å². The van der Waals surface area contributed by atoms with Gasteiger partial charge in [-0.2, -0.15) is 0 Å². The van der Waals surface area contributed by atoms with Crippen molar-refractivity contribution in [1.29, 1.82) is 0 Å². The molecule has 7 nitrogen and oxygen atoms in total. The third-order valence-electron chi connectivity index (χ3n) is 4.92. The van der Waals surface area contributed by atoms with E-state index in [2.05, 4.69) is 46.3 Å². The molecule has 0 radical (unpaired) electrons. The molecule has 1 saturated heterocycles. The molecule has 1 aliphatic heterocycles. The number of nitrogens with zero attached hydrogens (tertiary/aromatic N) is 4. The minimum atomic E-state index is -0.00394. The molecule has 2 atom stereocenters. The highest BCUT2D eigenvalue weighted by molar-refractivity contribution is 14.0. The van der Waals surface area contributed by atoms with Gasteiger partial charge in [0.05, 0.1) is 5.01 Å². The Balaban J connectivity index is 0.00000392. The van der Waals surface area contributed by atoms with Gasteiger partial charge in [-0.1, -0.05) is 13.8 Å². The second kappa shape index (κ2) is 12.6. The maximum absolute atomic E-state index is 11.9. The zero-order valence-electron chi connectivity index (χ0n) is 17.7. The predicted molar refractivity (Wildman–Crippen MR) is 128 cm³/mol. The second-order valence-corrected chi connectivity index (χ2v) is 8.62. The van der Waals surface area contributed by atoms with Crippen LogP contribution < -0.4 is 10.6 Å². The number of carbonyl (C=O) groups excluding carboxylic acids is 1. The van der Waals surface area contributed by atoms with Crippen LogP contribution in [0.15, 0.2) is 11.2 Å². The van der Waals surface area contributed by atoms with Crippen LogP contribution in [-0.4, -0.2) is 79.5 Å². The van der Waals surface area contributed by atoms with Crippen LogP contribution in [0.5, 0.6) is 0 Å². The predicted octanol–water partition coefficient (Wildman–Crippen LogP) is 2.28. The van der Waals surface area contributed by atoms with E-state index in [0.717, 1.165) is 24.6 Å². The fourth-order valence-electron chi connectivity index (χ4n) is 3.16. The van der Waals surface area contributed by atoms with Crippen molar-refractivity contribution < 1.29 is 4.79 Å². The molecule has 9 heteroatoms. The van der Waals surface area contributed by atoms with Crippen LogP contribution >= 0.6 is 35.3 Å². The van der Waals surface area contributed by atoms with Gasteiger partial charge in [-0.25, -0.2) is 9.98 Å². The number of aryl methyl sites for hydroxylation is 1. The van der Waals surface area contributed by atoms with E-state index in [1.165, 1.54) is 24.3 Å². The topological polar surface area (TPSA) is 72.9 Å². The quantitative estimate of drug-likeness (QED) is 0.312. The number of thiazole rings is 1. The van der Waals surface area contributed by atoms with Crippen molar-refractivity contribution in [1.82, 2.24) is 25.4 Å². The Kier molecular flexibility index (Phi) is 11.3. The number of rotatable bonds is 8. The molecule has 1 aromatic heterocycles. The molecule has 2 rings (SSSR count). The summed E-state index contributed by atoms with van der Waals surface area (Å²) in [4.78, 5) is 26.2. The lowest BCUT2D eigenvalue weighted by molar-refractivity contribution is -0.127. The summed E-state index contributed by atoms with van der Waals surface area (Å²) in [5.41, 5.74) is 0. The first-order valence-electron chi connectivity index (χ1n) is 9.79. The molecule has 160 valence electrons.